The van der Waals surface area contributed by atoms with Crippen LogP contribution in [0.3, 0.4) is 0 Å². The van der Waals surface area contributed by atoms with E-state index in [4.69, 9.17) is 9.15 Å². The van der Waals surface area contributed by atoms with Crippen LogP contribution in [-0.4, -0.2) is 31.1 Å². The molecule has 32 heavy (non-hydrogen) atoms. The maximum Gasteiger partial charge on any atom is 0.344 e. The molecule has 0 bridgehead atoms. The Kier molecular flexibility index (Phi) is 4.94. The van der Waals surface area contributed by atoms with E-state index in [0.717, 1.165) is 15.7 Å². The molecule has 0 aliphatic carbocycles. The van der Waals surface area contributed by atoms with Crippen LogP contribution in [0.2, 0.25) is 0 Å². The molecule has 1 amide bonds. The number of aryl methyl sites for hydroxylation is 1. The summed E-state index contributed by atoms with van der Waals surface area (Å²) in [4.78, 5) is 33.8. The summed E-state index contributed by atoms with van der Waals surface area (Å²) < 4.78 is 11.8. The summed E-state index contributed by atoms with van der Waals surface area (Å²) in [7, 11) is 3.81. The zero-order valence-electron chi connectivity index (χ0n) is 17.8. The highest BCUT2D eigenvalue weighted by Gasteiger charge is 2.46. The molecule has 2 unspecified atom stereocenters. The van der Waals surface area contributed by atoms with Crippen LogP contribution in [0.4, 0.5) is 10.8 Å². The second-order valence-electron chi connectivity index (χ2n) is 7.84. The van der Waals surface area contributed by atoms with Crippen molar-refractivity contribution in [2.45, 2.75) is 18.9 Å². The summed E-state index contributed by atoms with van der Waals surface area (Å²) in [6.45, 7) is 1.88. The van der Waals surface area contributed by atoms with Crippen LogP contribution < -0.4 is 20.6 Å². The minimum absolute atomic E-state index is 0.333. The molecular weight excluding hydrogens is 426 g/mol. The van der Waals surface area contributed by atoms with Crippen molar-refractivity contribution in [3.63, 3.8) is 0 Å². The van der Waals surface area contributed by atoms with Gasteiger partial charge in [0.25, 0.3) is 5.91 Å². The largest absolute Gasteiger partial charge is 0.478 e. The van der Waals surface area contributed by atoms with Crippen LogP contribution >= 0.6 is 11.3 Å². The average Bonchev–Trinajstić information content (AvgIpc) is 3.36. The van der Waals surface area contributed by atoms with E-state index in [1.165, 1.54) is 11.3 Å². The Balaban J connectivity index is 1.67. The summed E-state index contributed by atoms with van der Waals surface area (Å²) in [5.41, 5.74) is 1.69. The van der Waals surface area contributed by atoms with Gasteiger partial charge in [0.15, 0.2) is 11.2 Å². The molecule has 3 heterocycles. The van der Waals surface area contributed by atoms with Gasteiger partial charge in [-0.2, -0.15) is 0 Å². The number of aromatic nitrogens is 1. The number of para-hydroxylation sites is 2. The van der Waals surface area contributed by atoms with Crippen molar-refractivity contribution in [3.8, 4) is 5.75 Å². The van der Waals surface area contributed by atoms with Crippen LogP contribution in [0.5, 0.6) is 5.75 Å². The van der Waals surface area contributed by atoms with Gasteiger partial charge in [0, 0.05) is 24.7 Å². The van der Waals surface area contributed by atoms with E-state index in [0.29, 0.717) is 28.0 Å². The summed E-state index contributed by atoms with van der Waals surface area (Å²) in [6, 6.07) is 16.4. The van der Waals surface area contributed by atoms with Crippen molar-refractivity contribution in [3.05, 3.63) is 81.2 Å². The second kappa shape index (κ2) is 7.80. The zero-order chi connectivity index (χ0) is 22.4. The lowest BCUT2D eigenvalue weighted by atomic mass is 9.93. The number of amides is 1. The highest BCUT2D eigenvalue weighted by Crippen LogP contribution is 2.47. The molecule has 0 saturated heterocycles. The first-order valence-corrected chi connectivity index (χ1v) is 11.0. The molecule has 0 spiro atoms. The van der Waals surface area contributed by atoms with Crippen molar-refractivity contribution >= 4 is 39.0 Å². The van der Waals surface area contributed by atoms with Gasteiger partial charge < -0.3 is 19.4 Å². The first-order valence-electron chi connectivity index (χ1n) is 10.2. The average molecular weight is 448 g/mol. The Morgan fingerprint density at radius 1 is 1.09 bits per heavy atom. The number of carbonyl (C=O) groups is 1. The molecule has 1 aliphatic heterocycles. The Labute approximate surface area is 188 Å². The molecule has 2 atom stereocenters. The van der Waals surface area contributed by atoms with Gasteiger partial charge in [0.1, 0.15) is 11.3 Å². The first kappa shape index (κ1) is 20.3. The molecule has 7 nitrogen and oxygen atoms in total. The summed E-state index contributed by atoms with van der Waals surface area (Å²) in [5.74, 6) is -0.560. The highest BCUT2D eigenvalue weighted by atomic mass is 32.1. The van der Waals surface area contributed by atoms with E-state index in [1.807, 2.05) is 56.3 Å². The minimum atomic E-state index is -0.937. The van der Waals surface area contributed by atoms with Gasteiger partial charge in [-0.05, 0) is 31.2 Å². The number of nitrogens with zero attached hydrogens (tertiary/aromatic N) is 2. The lowest BCUT2D eigenvalue weighted by molar-refractivity contribution is -0.122. The lowest BCUT2D eigenvalue weighted by Gasteiger charge is -2.18. The van der Waals surface area contributed by atoms with E-state index < -0.39 is 17.6 Å². The Bertz CT molecular complexity index is 1380. The summed E-state index contributed by atoms with van der Waals surface area (Å²) in [5, 5.41) is 4.37. The molecule has 1 aliphatic rings. The minimum Gasteiger partial charge on any atom is -0.478 e. The Morgan fingerprint density at radius 3 is 2.53 bits per heavy atom. The zero-order valence-corrected chi connectivity index (χ0v) is 18.6. The number of fused-ring (bicyclic) bond motifs is 3. The third-order valence-corrected chi connectivity index (χ3v) is 6.85. The van der Waals surface area contributed by atoms with Crippen molar-refractivity contribution in [1.29, 1.82) is 0 Å². The maximum atomic E-state index is 13.4. The molecule has 5 rings (SSSR count). The number of anilines is 2. The number of hydrogen-bond acceptors (Lipinski definition) is 7. The number of benzene rings is 2. The fraction of sp³-hybridized carbons (Fsp3) is 0.208. The molecule has 0 fully saturated rings. The van der Waals surface area contributed by atoms with E-state index in [1.54, 1.807) is 24.3 Å². The third-order valence-electron chi connectivity index (χ3n) is 5.44. The SMILES string of the molecule is Cc1nc(N(C)C)sc1C1c2c(c3ccccc3oc2=O)OC1C(=O)Nc1ccccc1. The fourth-order valence-electron chi connectivity index (χ4n) is 3.96. The summed E-state index contributed by atoms with van der Waals surface area (Å²) >= 11 is 1.44. The van der Waals surface area contributed by atoms with Gasteiger partial charge in [-0.1, -0.05) is 30.3 Å². The normalized spacial score (nSPS) is 17.1. The van der Waals surface area contributed by atoms with Crippen molar-refractivity contribution in [2.24, 2.45) is 0 Å². The standard InChI is InChI=1S/C24H21N3O4S/c1-13-21(32-24(25-13)27(2)3)17-18-19(15-11-7-8-12-16(15)30-23(18)29)31-20(17)22(28)26-14-9-5-4-6-10-14/h4-12,17,20H,1-3H3,(H,26,28). The topological polar surface area (TPSA) is 84.7 Å². The molecular formula is C24H21N3O4S. The Morgan fingerprint density at radius 2 is 1.81 bits per heavy atom. The second-order valence-corrected chi connectivity index (χ2v) is 8.85. The number of thiazole rings is 1. The first-order chi connectivity index (χ1) is 15.4. The molecule has 162 valence electrons. The predicted molar refractivity (Wildman–Crippen MR) is 125 cm³/mol. The smallest absolute Gasteiger partial charge is 0.344 e. The fourth-order valence-corrected chi connectivity index (χ4v) is 5.08. The van der Waals surface area contributed by atoms with Crippen LogP contribution in [0.25, 0.3) is 11.0 Å². The highest BCUT2D eigenvalue weighted by molar-refractivity contribution is 7.15. The number of hydrogen-bond donors (Lipinski definition) is 1. The summed E-state index contributed by atoms with van der Waals surface area (Å²) in [6.07, 6.45) is -0.937. The van der Waals surface area contributed by atoms with Gasteiger partial charge in [0.05, 0.1) is 22.6 Å². The molecule has 0 saturated carbocycles. The molecule has 4 aromatic rings. The Hall–Kier alpha value is -3.65. The monoisotopic (exact) mass is 447 g/mol. The molecule has 2 aromatic carbocycles. The van der Waals surface area contributed by atoms with Gasteiger partial charge >= 0.3 is 5.63 Å². The van der Waals surface area contributed by atoms with Crippen molar-refractivity contribution in [1.82, 2.24) is 4.98 Å². The number of carbonyl (C=O) groups excluding carboxylic acids is 1. The van der Waals surface area contributed by atoms with Crippen molar-refractivity contribution < 1.29 is 13.9 Å². The predicted octanol–water partition coefficient (Wildman–Crippen LogP) is 4.16. The van der Waals surface area contributed by atoms with Gasteiger partial charge in [-0.25, -0.2) is 9.78 Å². The number of nitrogens with one attached hydrogen (secondary N) is 1. The van der Waals surface area contributed by atoms with Crippen LogP contribution in [0.1, 0.15) is 22.1 Å². The third kappa shape index (κ3) is 3.33. The molecule has 1 N–H and O–H groups in total. The van der Waals surface area contributed by atoms with Crippen LogP contribution in [0, 0.1) is 6.92 Å². The van der Waals surface area contributed by atoms with Gasteiger partial charge in [-0.3, -0.25) is 4.79 Å². The number of rotatable bonds is 4. The van der Waals surface area contributed by atoms with E-state index >= 15 is 0 Å². The van der Waals surface area contributed by atoms with Crippen LogP contribution in [-0.2, 0) is 4.79 Å². The van der Waals surface area contributed by atoms with E-state index in [-0.39, 0.29) is 5.91 Å². The number of ether oxygens (including phenoxy) is 1. The maximum absolute atomic E-state index is 13.4. The quantitative estimate of drug-likeness (QED) is 0.473. The lowest BCUT2D eigenvalue weighted by Crippen LogP contribution is -2.35. The van der Waals surface area contributed by atoms with Gasteiger partial charge in [-0.15, -0.1) is 11.3 Å². The molecule has 2 aromatic heterocycles. The molecule has 0 radical (unpaired) electrons. The van der Waals surface area contributed by atoms with Crippen LogP contribution in [0.15, 0.2) is 63.8 Å². The molecule has 8 heteroatoms. The van der Waals surface area contributed by atoms with E-state index in [9.17, 15) is 9.59 Å². The van der Waals surface area contributed by atoms with Gasteiger partial charge in [0.2, 0.25) is 0 Å². The van der Waals surface area contributed by atoms with Crippen molar-refractivity contribution in [2.75, 3.05) is 24.3 Å². The van der Waals surface area contributed by atoms with E-state index in [2.05, 4.69) is 10.3 Å².